The molecule has 0 radical (unpaired) electrons. The van der Waals surface area contributed by atoms with E-state index in [9.17, 15) is 0 Å². The second kappa shape index (κ2) is 5.45. The van der Waals surface area contributed by atoms with Crippen LogP contribution in [0.5, 0.6) is 11.5 Å². The topological polar surface area (TPSA) is 44.5 Å². The molecule has 20 heavy (non-hydrogen) atoms. The maximum Gasteiger partial charge on any atom is 0.179 e. The molecule has 1 aromatic rings. The highest BCUT2D eigenvalue weighted by Gasteiger charge is 2.49. The van der Waals surface area contributed by atoms with E-state index in [-0.39, 0.29) is 11.5 Å². The summed E-state index contributed by atoms with van der Waals surface area (Å²) in [6.45, 7) is 6.39. The van der Waals surface area contributed by atoms with Crippen molar-refractivity contribution in [1.82, 2.24) is 0 Å². The minimum Gasteiger partial charge on any atom is -0.492 e. The van der Waals surface area contributed by atoms with Gasteiger partial charge in [0.15, 0.2) is 11.5 Å². The van der Waals surface area contributed by atoms with Gasteiger partial charge in [0.05, 0.1) is 19.2 Å². The van der Waals surface area contributed by atoms with Crippen molar-refractivity contribution in [3.63, 3.8) is 0 Å². The second-order valence-corrected chi connectivity index (χ2v) is 6.39. The molecule has 1 unspecified atom stereocenters. The lowest BCUT2D eigenvalue weighted by molar-refractivity contribution is 0.348. The summed E-state index contributed by atoms with van der Waals surface area (Å²) in [5, 5.41) is 0.593. The van der Waals surface area contributed by atoms with Crippen molar-refractivity contribution in [2.24, 2.45) is 5.73 Å². The summed E-state index contributed by atoms with van der Waals surface area (Å²) in [6.07, 6.45) is 2.21. The molecule has 0 bridgehead atoms. The first-order valence-corrected chi connectivity index (χ1v) is 7.47. The molecule has 1 aliphatic carbocycles. The molecule has 1 fully saturated rings. The highest BCUT2D eigenvalue weighted by Crippen LogP contribution is 2.56. The fourth-order valence-corrected chi connectivity index (χ4v) is 3.38. The van der Waals surface area contributed by atoms with Crippen molar-refractivity contribution in [3.05, 3.63) is 22.2 Å². The van der Waals surface area contributed by atoms with Crippen molar-refractivity contribution in [2.75, 3.05) is 14.2 Å². The van der Waals surface area contributed by atoms with Gasteiger partial charge in [-0.15, -0.1) is 0 Å². The molecule has 0 aliphatic heterocycles. The van der Waals surface area contributed by atoms with Gasteiger partial charge in [0.1, 0.15) is 0 Å². The number of hydrogen-bond donors (Lipinski definition) is 1. The molecule has 1 atom stereocenters. The Kier molecular flexibility index (Phi) is 4.22. The van der Waals surface area contributed by atoms with Gasteiger partial charge in [0.2, 0.25) is 0 Å². The maximum atomic E-state index is 6.38. The van der Waals surface area contributed by atoms with Crippen molar-refractivity contribution in [3.8, 4) is 11.5 Å². The average molecular weight is 298 g/mol. The van der Waals surface area contributed by atoms with Crippen LogP contribution in [0.2, 0.25) is 5.02 Å². The maximum absolute atomic E-state index is 6.38. The Balaban J connectivity index is 2.72. The van der Waals surface area contributed by atoms with Gasteiger partial charge in [-0.1, -0.05) is 25.4 Å². The normalized spacial score (nSPS) is 18.0. The van der Waals surface area contributed by atoms with Gasteiger partial charge < -0.3 is 15.2 Å². The fraction of sp³-hybridized carbons (Fsp3) is 0.625. The molecular weight excluding hydrogens is 274 g/mol. The third-order valence-electron chi connectivity index (χ3n) is 4.41. The van der Waals surface area contributed by atoms with E-state index in [0.29, 0.717) is 16.7 Å². The molecule has 1 aliphatic rings. The molecule has 112 valence electrons. The third-order valence-corrected chi connectivity index (χ3v) is 4.69. The standard InChI is InChI=1S/C16H24ClNO2/c1-9(2)13-11(16(6-7-16)10(3)18)8-12(17)14(19-4)15(13)20-5/h8-10H,6-7,18H2,1-5H3. The van der Waals surface area contributed by atoms with Gasteiger partial charge in [0, 0.05) is 17.0 Å². The van der Waals surface area contributed by atoms with Crippen LogP contribution in [0.4, 0.5) is 0 Å². The second-order valence-electron chi connectivity index (χ2n) is 5.99. The van der Waals surface area contributed by atoms with Crippen molar-refractivity contribution in [1.29, 1.82) is 0 Å². The van der Waals surface area contributed by atoms with Gasteiger partial charge >= 0.3 is 0 Å². The highest BCUT2D eigenvalue weighted by atomic mass is 35.5. The summed E-state index contributed by atoms with van der Waals surface area (Å²) >= 11 is 6.38. The molecule has 4 heteroatoms. The van der Waals surface area contributed by atoms with Gasteiger partial charge in [-0.2, -0.15) is 0 Å². The smallest absolute Gasteiger partial charge is 0.179 e. The third kappa shape index (κ3) is 2.27. The van der Waals surface area contributed by atoms with E-state index < -0.39 is 0 Å². The van der Waals surface area contributed by atoms with Crippen LogP contribution in [0.25, 0.3) is 0 Å². The molecule has 1 aromatic carbocycles. The zero-order chi connectivity index (χ0) is 15.1. The number of hydrogen-bond acceptors (Lipinski definition) is 3. The molecule has 2 rings (SSSR count). The summed E-state index contributed by atoms with van der Waals surface area (Å²) in [5.41, 5.74) is 8.67. The first-order valence-electron chi connectivity index (χ1n) is 7.09. The van der Waals surface area contributed by atoms with Gasteiger partial charge in [-0.05, 0) is 37.3 Å². The first-order chi connectivity index (χ1) is 9.39. The van der Waals surface area contributed by atoms with Crippen molar-refractivity contribution >= 4 is 11.6 Å². The Labute approximate surface area is 126 Å². The number of rotatable bonds is 5. The monoisotopic (exact) mass is 297 g/mol. The molecule has 0 heterocycles. The largest absolute Gasteiger partial charge is 0.492 e. The number of halogens is 1. The lowest BCUT2D eigenvalue weighted by Gasteiger charge is -2.28. The van der Waals surface area contributed by atoms with E-state index in [4.69, 9.17) is 26.8 Å². The molecule has 2 N–H and O–H groups in total. The summed E-state index contributed by atoms with van der Waals surface area (Å²) in [6, 6.07) is 2.13. The molecule has 1 saturated carbocycles. The lowest BCUT2D eigenvalue weighted by atomic mass is 9.82. The van der Waals surface area contributed by atoms with Crippen LogP contribution in [-0.2, 0) is 5.41 Å². The average Bonchev–Trinajstić information content (AvgIpc) is 3.18. The Bertz CT molecular complexity index is 508. The fourth-order valence-electron chi connectivity index (χ4n) is 3.11. The Morgan fingerprint density at radius 2 is 1.70 bits per heavy atom. The predicted molar refractivity (Wildman–Crippen MR) is 83.2 cm³/mol. The molecule has 0 spiro atoms. The van der Waals surface area contributed by atoms with E-state index in [2.05, 4.69) is 20.8 Å². The Morgan fingerprint density at radius 1 is 1.15 bits per heavy atom. The Morgan fingerprint density at radius 3 is 2.05 bits per heavy atom. The zero-order valence-corrected chi connectivity index (χ0v) is 13.7. The first kappa shape index (κ1) is 15.5. The van der Waals surface area contributed by atoms with E-state index in [1.807, 2.05) is 6.07 Å². The summed E-state index contributed by atoms with van der Waals surface area (Å²) in [7, 11) is 3.28. The van der Waals surface area contributed by atoms with Crippen LogP contribution in [0, 0.1) is 0 Å². The van der Waals surface area contributed by atoms with Crippen LogP contribution >= 0.6 is 11.6 Å². The minimum atomic E-state index is 0.0444. The van der Waals surface area contributed by atoms with E-state index in [1.54, 1.807) is 14.2 Å². The zero-order valence-electron chi connectivity index (χ0n) is 12.9. The van der Waals surface area contributed by atoms with Gasteiger partial charge in [-0.3, -0.25) is 0 Å². The van der Waals surface area contributed by atoms with E-state index in [0.717, 1.165) is 18.6 Å². The number of nitrogens with two attached hydrogens (primary N) is 1. The minimum absolute atomic E-state index is 0.0444. The molecule has 0 aromatic heterocycles. The number of methoxy groups -OCH3 is 2. The van der Waals surface area contributed by atoms with Crippen molar-refractivity contribution < 1.29 is 9.47 Å². The molecular formula is C16H24ClNO2. The number of benzene rings is 1. The van der Waals surface area contributed by atoms with Crippen LogP contribution in [0.3, 0.4) is 0 Å². The van der Waals surface area contributed by atoms with Crippen LogP contribution in [0.1, 0.15) is 50.7 Å². The van der Waals surface area contributed by atoms with Crippen molar-refractivity contribution in [2.45, 2.75) is 51.0 Å². The SMILES string of the molecule is COc1c(Cl)cc(C2(C(C)N)CC2)c(C(C)C)c1OC. The quantitative estimate of drug-likeness (QED) is 0.897. The number of ether oxygens (including phenoxy) is 2. The molecule has 3 nitrogen and oxygen atoms in total. The summed E-state index contributed by atoms with van der Waals surface area (Å²) < 4.78 is 11.0. The summed E-state index contributed by atoms with van der Waals surface area (Å²) in [4.78, 5) is 0. The van der Waals surface area contributed by atoms with Crippen LogP contribution in [-0.4, -0.2) is 20.3 Å². The summed E-state index contributed by atoms with van der Waals surface area (Å²) in [5.74, 6) is 1.68. The highest BCUT2D eigenvalue weighted by molar-refractivity contribution is 6.32. The van der Waals surface area contributed by atoms with Gasteiger partial charge in [-0.25, -0.2) is 0 Å². The lowest BCUT2D eigenvalue weighted by Crippen LogP contribution is -2.32. The predicted octanol–water partition coefficient (Wildman–Crippen LogP) is 3.86. The van der Waals surface area contributed by atoms with E-state index in [1.165, 1.54) is 11.1 Å². The Hall–Kier alpha value is -0.930. The van der Waals surface area contributed by atoms with Crippen LogP contribution in [0.15, 0.2) is 6.07 Å². The van der Waals surface area contributed by atoms with Gasteiger partial charge in [0.25, 0.3) is 0 Å². The van der Waals surface area contributed by atoms with E-state index >= 15 is 0 Å². The molecule has 0 amide bonds. The van der Waals surface area contributed by atoms with Crippen LogP contribution < -0.4 is 15.2 Å². The molecule has 0 saturated heterocycles.